The third kappa shape index (κ3) is 4.63. The first kappa shape index (κ1) is 24.5. The molecule has 1 heterocycles. The molecule has 2 amide bonds. The third-order valence-corrected chi connectivity index (χ3v) is 7.12. The molecule has 0 aromatic heterocycles. The second-order valence-corrected chi connectivity index (χ2v) is 9.65. The molecule has 0 radical (unpaired) electrons. The van der Waals surface area contributed by atoms with Gasteiger partial charge in [0.2, 0.25) is 11.8 Å². The fourth-order valence-electron chi connectivity index (χ4n) is 5.09. The Morgan fingerprint density at radius 1 is 1.28 bits per heavy atom. The van der Waals surface area contributed by atoms with Gasteiger partial charge in [-0.25, -0.2) is 0 Å². The molecule has 1 aromatic carbocycles. The third-order valence-electron chi connectivity index (χ3n) is 6.79. The van der Waals surface area contributed by atoms with Crippen LogP contribution in [0.3, 0.4) is 0 Å². The molecular weight excluding hydrogens is 430 g/mol. The van der Waals surface area contributed by atoms with Crippen LogP contribution in [0, 0.1) is 23.7 Å². The van der Waals surface area contributed by atoms with Gasteiger partial charge in [0.15, 0.2) is 0 Å². The largest absolute Gasteiger partial charge is 0.508 e. The number of carbonyl (C=O) groups excluding carboxylic acids is 2. The molecule has 1 aliphatic heterocycles. The predicted octanol–water partition coefficient (Wildman–Crippen LogP) is 3.79. The number of fused-ring (bicyclic) bond motifs is 1. The summed E-state index contributed by atoms with van der Waals surface area (Å²) >= 11 is 6.19. The number of amides is 2. The van der Waals surface area contributed by atoms with Crippen molar-refractivity contribution in [2.45, 2.75) is 46.1 Å². The van der Waals surface area contributed by atoms with Gasteiger partial charge in [-0.1, -0.05) is 42.7 Å². The molecule has 1 fully saturated rings. The summed E-state index contributed by atoms with van der Waals surface area (Å²) in [7, 11) is 1.49. The van der Waals surface area contributed by atoms with Crippen molar-refractivity contribution >= 4 is 29.5 Å². The fourth-order valence-corrected chi connectivity index (χ4v) is 5.32. The zero-order chi connectivity index (χ0) is 23.7. The van der Waals surface area contributed by atoms with Gasteiger partial charge in [-0.2, -0.15) is 0 Å². The van der Waals surface area contributed by atoms with Crippen molar-refractivity contribution in [2.75, 3.05) is 13.7 Å². The number of phenolic OH excluding ortho intramolecular Hbond substituents is 1. The van der Waals surface area contributed by atoms with E-state index in [1.807, 2.05) is 26.8 Å². The molecule has 7 heteroatoms. The molecule has 1 aliphatic carbocycles. The maximum Gasteiger partial charge on any atom is 0.233 e. The lowest BCUT2D eigenvalue weighted by Crippen LogP contribution is -2.39. The average molecular weight is 462 g/mol. The van der Waals surface area contributed by atoms with E-state index in [0.717, 1.165) is 22.3 Å². The second kappa shape index (κ2) is 9.77. The van der Waals surface area contributed by atoms with E-state index in [9.17, 15) is 24.9 Å². The summed E-state index contributed by atoms with van der Waals surface area (Å²) in [6.45, 7) is 5.69. The number of nitrogens with zero attached hydrogens (tertiary/aromatic N) is 1. The van der Waals surface area contributed by atoms with Gasteiger partial charge in [0, 0.05) is 13.0 Å². The second-order valence-electron chi connectivity index (χ2n) is 9.25. The van der Waals surface area contributed by atoms with Gasteiger partial charge in [0.05, 0.1) is 29.6 Å². The van der Waals surface area contributed by atoms with Crippen molar-refractivity contribution in [2.24, 2.45) is 23.7 Å². The van der Waals surface area contributed by atoms with Crippen LogP contribution in [-0.2, 0) is 9.59 Å². The number of aliphatic hydroxyl groups is 2. The summed E-state index contributed by atoms with van der Waals surface area (Å²) < 4.78 is 0. The fraction of sp³-hybridized carbons (Fsp3) is 0.520. The average Bonchev–Trinajstić information content (AvgIpc) is 2.96. The molecule has 0 bridgehead atoms. The zero-order valence-corrected chi connectivity index (χ0v) is 19.8. The monoisotopic (exact) mass is 461 g/mol. The number of allylic oxidation sites excluding steroid dienone is 2. The SMILES string of the molecule is C/C(=C\c1ccc(O)cc1Cl)CC[C@@H](O)C1=C(C(C)C)C[C@H]2C(=O)N(C)C(=O)[C@H]2[C@H]1CO. The standard InChI is InChI=1S/C25H32ClNO5/c1-13(2)17-11-18-23(25(32)27(4)24(18)31)19(12-28)22(17)21(30)8-5-14(3)9-15-6-7-16(29)10-20(15)26/h6-7,9-10,13,18-19,21,23,28-30H,5,8,11-12H2,1-4H3/b14-9+/t18-,19+,21-,23-/m1/s1. The quantitative estimate of drug-likeness (QED) is 0.424. The minimum Gasteiger partial charge on any atom is -0.508 e. The Kier molecular flexibility index (Phi) is 7.48. The lowest BCUT2D eigenvalue weighted by molar-refractivity contribution is -0.138. The minimum absolute atomic E-state index is 0.0934. The Bertz CT molecular complexity index is 967. The Hall–Kier alpha value is -2.15. The number of imide groups is 1. The molecule has 4 atom stereocenters. The number of hydrogen-bond donors (Lipinski definition) is 3. The Balaban J connectivity index is 1.84. The lowest BCUT2D eigenvalue weighted by Gasteiger charge is -2.38. The molecule has 1 saturated heterocycles. The highest BCUT2D eigenvalue weighted by atomic mass is 35.5. The maximum atomic E-state index is 12.7. The van der Waals surface area contributed by atoms with Crippen LogP contribution in [0.2, 0.25) is 5.02 Å². The number of rotatable bonds is 7. The zero-order valence-electron chi connectivity index (χ0n) is 19.0. The number of hydrogen-bond acceptors (Lipinski definition) is 5. The van der Waals surface area contributed by atoms with Gasteiger partial charge in [-0.05, 0) is 61.4 Å². The van der Waals surface area contributed by atoms with Crippen molar-refractivity contribution < 1.29 is 24.9 Å². The summed E-state index contributed by atoms with van der Waals surface area (Å²) in [6, 6.07) is 4.79. The van der Waals surface area contributed by atoms with E-state index < -0.39 is 23.9 Å². The first-order valence-corrected chi connectivity index (χ1v) is 11.4. The first-order valence-electron chi connectivity index (χ1n) is 11.1. The number of benzene rings is 1. The van der Waals surface area contributed by atoms with Crippen LogP contribution in [0.5, 0.6) is 5.75 Å². The lowest BCUT2D eigenvalue weighted by atomic mass is 9.66. The van der Waals surface area contributed by atoms with Crippen LogP contribution in [0.1, 0.15) is 45.6 Å². The van der Waals surface area contributed by atoms with Crippen molar-refractivity contribution in [3.8, 4) is 5.75 Å². The Morgan fingerprint density at radius 2 is 1.97 bits per heavy atom. The van der Waals surface area contributed by atoms with Gasteiger partial charge in [-0.15, -0.1) is 0 Å². The normalized spacial score (nSPS) is 25.1. The van der Waals surface area contributed by atoms with E-state index in [1.54, 1.807) is 12.1 Å². The molecule has 6 nitrogen and oxygen atoms in total. The van der Waals surface area contributed by atoms with E-state index in [-0.39, 0.29) is 30.1 Å². The van der Waals surface area contributed by atoms with Crippen LogP contribution in [0.15, 0.2) is 34.9 Å². The van der Waals surface area contributed by atoms with Crippen LogP contribution < -0.4 is 0 Å². The minimum atomic E-state index is -0.821. The molecule has 3 N–H and O–H groups in total. The summed E-state index contributed by atoms with van der Waals surface area (Å²) in [4.78, 5) is 26.5. The van der Waals surface area contributed by atoms with E-state index >= 15 is 0 Å². The summed E-state index contributed by atoms with van der Waals surface area (Å²) in [5, 5.41) is 31.3. The predicted molar refractivity (Wildman–Crippen MR) is 124 cm³/mol. The highest BCUT2D eigenvalue weighted by molar-refractivity contribution is 6.32. The molecule has 174 valence electrons. The molecule has 2 aliphatic rings. The number of aromatic hydroxyl groups is 1. The van der Waals surface area contributed by atoms with Gasteiger partial charge in [0.25, 0.3) is 0 Å². The van der Waals surface area contributed by atoms with Crippen LogP contribution in [0.4, 0.5) is 0 Å². The number of carbonyl (C=O) groups is 2. The Labute approximate surface area is 194 Å². The molecule has 0 spiro atoms. The van der Waals surface area contributed by atoms with Crippen molar-refractivity contribution in [1.82, 2.24) is 4.90 Å². The number of halogens is 1. The highest BCUT2D eigenvalue weighted by Crippen LogP contribution is 2.47. The van der Waals surface area contributed by atoms with E-state index in [0.29, 0.717) is 24.3 Å². The van der Waals surface area contributed by atoms with Gasteiger partial charge in [0.1, 0.15) is 5.75 Å². The smallest absolute Gasteiger partial charge is 0.233 e. The summed E-state index contributed by atoms with van der Waals surface area (Å²) in [6.07, 6.45) is 2.55. The Morgan fingerprint density at radius 3 is 2.56 bits per heavy atom. The van der Waals surface area contributed by atoms with Crippen LogP contribution in [0.25, 0.3) is 6.08 Å². The maximum absolute atomic E-state index is 12.7. The van der Waals surface area contributed by atoms with E-state index in [2.05, 4.69) is 0 Å². The first-order chi connectivity index (χ1) is 15.1. The number of likely N-dealkylation sites (tertiary alicyclic amines) is 1. The van der Waals surface area contributed by atoms with Crippen LogP contribution in [-0.4, -0.2) is 51.8 Å². The van der Waals surface area contributed by atoms with Gasteiger partial charge in [-0.3, -0.25) is 14.5 Å². The van der Waals surface area contributed by atoms with Crippen LogP contribution >= 0.6 is 11.6 Å². The summed E-state index contributed by atoms with van der Waals surface area (Å²) in [5.41, 5.74) is 3.47. The number of aliphatic hydroxyl groups excluding tert-OH is 2. The van der Waals surface area contributed by atoms with Gasteiger partial charge < -0.3 is 15.3 Å². The number of phenols is 1. The molecule has 0 saturated carbocycles. The topological polar surface area (TPSA) is 98.1 Å². The molecule has 0 unspecified atom stereocenters. The van der Waals surface area contributed by atoms with E-state index in [4.69, 9.17) is 11.6 Å². The highest BCUT2D eigenvalue weighted by Gasteiger charge is 2.53. The van der Waals surface area contributed by atoms with Crippen molar-refractivity contribution in [3.63, 3.8) is 0 Å². The molecular formula is C25H32ClNO5. The molecule has 3 rings (SSSR count). The molecule has 1 aromatic rings. The molecule has 32 heavy (non-hydrogen) atoms. The van der Waals surface area contributed by atoms with E-state index in [1.165, 1.54) is 18.0 Å². The summed E-state index contributed by atoms with van der Waals surface area (Å²) in [5.74, 6) is -1.91. The van der Waals surface area contributed by atoms with Crippen molar-refractivity contribution in [3.05, 3.63) is 45.5 Å². The van der Waals surface area contributed by atoms with Crippen molar-refractivity contribution in [1.29, 1.82) is 0 Å². The van der Waals surface area contributed by atoms with Gasteiger partial charge >= 0.3 is 0 Å².